The van der Waals surface area contributed by atoms with Crippen LogP contribution < -0.4 is 5.32 Å². The molecule has 0 aliphatic heterocycles. The second-order valence-corrected chi connectivity index (χ2v) is 4.50. The van der Waals surface area contributed by atoms with Crippen molar-refractivity contribution in [2.45, 2.75) is 26.4 Å². The van der Waals surface area contributed by atoms with Crippen molar-refractivity contribution in [1.82, 2.24) is 0 Å². The number of hydrogen-bond acceptors (Lipinski definition) is 2. The Kier molecular flexibility index (Phi) is 4.54. The van der Waals surface area contributed by atoms with Gasteiger partial charge in [-0.2, -0.15) is 0 Å². The first-order chi connectivity index (χ1) is 7.00. The molecule has 84 valence electrons. The van der Waals surface area contributed by atoms with E-state index in [2.05, 4.69) is 21.2 Å². The van der Waals surface area contributed by atoms with E-state index in [4.69, 9.17) is 5.11 Å². The Bertz CT molecular complexity index is 342. The lowest BCUT2D eigenvalue weighted by Crippen LogP contribution is -2.10. The van der Waals surface area contributed by atoms with Crippen molar-refractivity contribution in [3.05, 3.63) is 28.0 Å². The van der Waals surface area contributed by atoms with Gasteiger partial charge in [0.25, 0.3) is 0 Å². The molecule has 0 amide bonds. The van der Waals surface area contributed by atoms with Gasteiger partial charge in [0, 0.05) is 12.2 Å². The number of benzene rings is 1. The molecule has 0 aromatic heterocycles. The molecular formula is C11H15BrFNO. The highest BCUT2D eigenvalue weighted by Crippen LogP contribution is 2.24. The molecule has 4 heteroatoms. The zero-order chi connectivity index (χ0) is 11.4. The molecule has 15 heavy (non-hydrogen) atoms. The average Bonchev–Trinajstić information content (AvgIpc) is 2.13. The van der Waals surface area contributed by atoms with Gasteiger partial charge in [0.2, 0.25) is 0 Å². The highest BCUT2D eigenvalue weighted by Gasteiger charge is 2.04. The molecule has 1 aromatic carbocycles. The Morgan fingerprint density at radius 2 is 2.20 bits per heavy atom. The molecule has 0 aliphatic rings. The molecule has 0 bridgehead atoms. The number of anilines is 1. The molecule has 1 unspecified atom stereocenters. The van der Waals surface area contributed by atoms with Gasteiger partial charge in [0.1, 0.15) is 5.82 Å². The molecule has 1 atom stereocenters. The Labute approximate surface area is 97.6 Å². The lowest BCUT2D eigenvalue weighted by Gasteiger charge is -2.11. The molecule has 0 saturated heterocycles. The van der Waals surface area contributed by atoms with Crippen LogP contribution in [0, 0.1) is 12.7 Å². The SMILES string of the molecule is Cc1cc(F)c(Br)cc1NCCC(C)O. The molecule has 0 heterocycles. The molecule has 0 saturated carbocycles. The summed E-state index contributed by atoms with van der Waals surface area (Å²) in [5.41, 5.74) is 1.75. The van der Waals surface area contributed by atoms with E-state index in [0.29, 0.717) is 17.4 Å². The summed E-state index contributed by atoms with van der Waals surface area (Å²) in [5.74, 6) is -0.256. The molecule has 1 rings (SSSR count). The maximum atomic E-state index is 13.1. The molecule has 2 N–H and O–H groups in total. The minimum atomic E-state index is -0.318. The lowest BCUT2D eigenvalue weighted by molar-refractivity contribution is 0.188. The van der Waals surface area contributed by atoms with E-state index >= 15 is 0 Å². The van der Waals surface area contributed by atoms with Crippen molar-refractivity contribution in [2.75, 3.05) is 11.9 Å². The molecule has 0 aliphatic carbocycles. The van der Waals surface area contributed by atoms with Crippen LogP contribution in [0.1, 0.15) is 18.9 Å². The zero-order valence-electron chi connectivity index (χ0n) is 8.85. The van der Waals surface area contributed by atoms with Gasteiger partial charge in [-0.3, -0.25) is 0 Å². The zero-order valence-corrected chi connectivity index (χ0v) is 10.4. The molecule has 2 nitrogen and oxygen atoms in total. The van der Waals surface area contributed by atoms with Gasteiger partial charge >= 0.3 is 0 Å². The number of halogens is 2. The second-order valence-electron chi connectivity index (χ2n) is 3.65. The number of aliphatic hydroxyl groups is 1. The monoisotopic (exact) mass is 275 g/mol. The first-order valence-corrected chi connectivity index (χ1v) is 5.67. The summed E-state index contributed by atoms with van der Waals surface area (Å²) in [6, 6.07) is 3.20. The van der Waals surface area contributed by atoms with Crippen LogP contribution >= 0.6 is 15.9 Å². The minimum Gasteiger partial charge on any atom is -0.393 e. The van der Waals surface area contributed by atoms with Crippen LogP contribution in [0.25, 0.3) is 0 Å². The van der Waals surface area contributed by atoms with Gasteiger partial charge in [0.15, 0.2) is 0 Å². The first kappa shape index (κ1) is 12.5. The summed E-state index contributed by atoms with van der Waals surface area (Å²) in [6.07, 6.45) is 0.357. The lowest BCUT2D eigenvalue weighted by atomic mass is 10.2. The summed E-state index contributed by atoms with van der Waals surface area (Å²) in [7, 11) is 0. The fraction of sp³-hybridized carbons (Fsp3) is 0.455. The topological polar surface area (TPSA) is 32.3 Å². The third-order valence-corrected chi connectivity index (χ3v) is 2.75. The fourth-order valence-corrected chi connectivity index (χ4v) is 1.60. The van der Waals surface area contributed by atoms with Crippen molar-refractivity contribution >= 4 is 21.6 Å². The minimum absolute atomic E-state index is 0.256. The van der Waals surface area contributed by atoms with E-state index in [1.807, 2.05) is 6.92 Å². The van der Waals surface area contributed by atoms with Gasteiger partial charge in [-0.25, -0.2) is 4.39 Å². The van der Waals surface area contributed by atoms with Crippen LogP contribution in [-0.2, 0) is 0 Å². The fourth-order valence-electron chi connectivity index (χ4n) is 1.25. The van der Waals surface area contributed by atoms with Gasteiger partial charge in [-0.05, 0) is 53.9 Å². The average molecular weight is 276 g/mol. The summed E-state index contributed by atoms with van der Waals surface area (Å²) in [5, 5.41) is 12.2. The van der Waals surface area contributed by atoms with E-state index in [-0.39, 0.29) is 11.9 Å². The smallest absolute Gasteiger partial charge is 0.137 e. The van der Waals surface area contributed by atoms with Gasteiger partial charge in [0.05, 0.1) is 10.6 Å². The summed E-state index contributed by atoms with van der Waals surface area (Å²) in [4.78, 5) is 0. The van der Waals surface area contributed by atoms with E-state index < -0.39 is 0 Å². The maximum absolute atomic E-state index is 13.1. The number of aryl methyl sites for hydroxylation is 1. The van der Waals surface area contributed by atoms with Crippen LogP contribution in [-0.4, -0.2) is 17.8 Å². The van der Waals surface area contributed by atoms with Gasteiger partial charge < -0.3 is 10.4 Å². The first-order valence-electron chi connectivity index (χ1n) is 4.88. The van der Waals surface area contributed by atoms with E-state index in [1.165, 1.54) is 6.07 Å². The Balaban J connectivity index is 2.65. The molecule has 1 aromatic rings. The largest absolute Gasteiger partial charge is 0.393 e. The van der Waals surface area contributed by atoms with Crippen molar-refractivity contribution in [3.63, 3.8) is 0 Å². The van der Waals surface area contributed by atoms with E-state index in [1.54, 1.807) is 13.0 Å². The van der Waals surface area contributed by atoms with Gasteiger partial charge in [-0.15, -0.1) is 0 Å². The quantitative estimate of drug-likeness (QED) is 0.885. The number of nitrogens with one attached hydrogen (secondary N) is 1. The Hall–Kier alpha value is -0.610. The van der Waals surface area contributed by atoms with Crippen molar-refractivity contribution in [2.24, 2.45) is 0 Å². The van der Waals surface area contributed by atoms with Crippen molar-refractivity contribution < 1.29 is 9.50 Å². The van der Waals surface area contributed by atoms with Crippen LogP contribution in [0.5, 0.6) is 0 Å². The third kappa shape index (κ3) is 3.80. The number of hydrogen-bond donors (Lipinski definition) is 2. The molecule has 0 spiro atoms. The van der Waals surface area contributed by atoms with Crippen LogP contribution in [0.15, 0.2) is 16.6 Å². The third-order valence-electron chi connectivity index (χ3n) is 2.14. The highest BCUT2D eigenvalue weighted by molar-refractivity contribution is 9.10. The second kappa shape index (κ2) is 5.47. The summed E-state index contributed by atoms with van der Waals surface area (Å²) < 4.78 is 13.5. The van der Waals surface area contributed by atoms with Crippen molar-refractivity contribution in [3.8, 4) is 0 Å². The molecular weight excluding hydrogens is 261 g/mol. The maximum Gasteiger partial charge on any atom is 0.137 e. The van der Waals surface area contributed by atoms with Crippen LogP contribution in [0.4, 0.5) is 10.1 Å². The normalized spacial score (nSPS) is 12.6. The molecule has 0 fully saturated rings. The summed E-state index contributed by atoms with van der Waals surface area (Å²) in [6.45, 7) is 4.27. The van der Waals surface area contributed by atoms with E-state index in [0.717, 1.165) is 11.3 Å². The van der Waals surface area contributed by atoms with Crippen LogP contribution in [0.3, 0.4) is 0 Å². The van der Waals surface area contributed by atoms with E-state index in [9.17, 15) is 4.39 Å². The van der Waals surface area contributed by atoms with Crippen LogP contribution in [0.2, 0.25) is 0 Å². The van der Waals surface area contributed by atoms with Crippen molar-refractivity contribution in [1.29, 1.82) is 0 Å². The Morgan fingerprint density at radius 1 is 1.53 bits per heavy atom. The Morgan fingerprint density at radius 3 is 2.80 bits per heavy atom. The number of aliphatic hydroxyl groups excluding tert-OH is 1. The standard InChI is InChI=1S/C11H15BrFNO/c1-7-5-10(13)9(12)6-11(7)14-4-3-8(2)15/h5-6,8,14-15H,3-4H2,1-2H3. The summed E-state index contributed by atoms with van der Waals surface area (Å²) >= 11 is 3.14. The van der Waals surface area contributed by atoms with Gasteiger partial charge in [-0.1, -0.05) is 0 Å². The predicted octanol–water partition coefficient (Wildman–Crippen LogP) is 3.08. The predicted molar refractivity (Wildman–Crippen MR) is 63.6 cm³/mol. The highest BCUT2D eigenvalue weighted by atomic mass is 79.9. The molecule has 0 radical (unpaired) electrons. The number of rotatable bonds is 4.